The van der Waals surface area contributed by atoms with Gasteiger partial charge >= 0.3 is 0 Å². The summed E-state index contributed by atoms with van der Waals surface area (Å²) in [5.74, 6) is -0.472. The van der Waals surface area contributed by atoms with Crippen LogP contribution in [0.3, 0.4) is 0 Å². The van der Waals surface area contributed by atoms with Crippen LogP contribution in [0.2, 0.25) is 10.0 Å². The molecule has 0 aliphatic rings. The van der Waals surface area contributed by atoms with Crippen molar-refractivity contribution in [3.8, 4) is 11.1 Å². The molecule has 0 spiro atoms. The van der Waals surface area contributed by atoms with E-state index in [1.165, 1.54) is 0 Å². The van der Waals surface area contributed by atoms with Crippen LogP contribution in [0.1, 0.15) is 16.1 Å². The highest BCUT2D eigenvalue weighted by Gasteiger charge is 2.18. The Hall–Kier alpha value is -3.34. The van der Waals surface area contributed by atoms with Gasteiger partial charge in [-0.25, -0.2) is 0 Å². The molecule has 0 saturated carbocycles. The van der Waals surface area contributed by atoms with Crippen LogP contribution in [0, 0.1) is 6.07 Å². The van der Waals surface area contributed by atoms with Crippen molar-refractivity contribution in [2.24, 2.45) is 5.73 Å². The Labute approximate surface area is 188 Å². The zero-order chi connectivity index (χ0) is 21.5. The molecule has 0 fully saturated rings. The lowest BCUT2D eigenvalue weighted by molar-refractivity contribution is 0.100. The van der Waals surface area contributed by atoms with Crippen molar-refractivity contribution >= 4 is 50.9 Å². The zero-order valence-electron chi connectivity index (χ0n) is 16.3. The van der Waals surface area contributed by atoms with Crippen molar-refractivity contribution in [3.63, 3.8) is 0 Å². The van der Waals surface area contributed by atoms with E-state index in [4.69, 9.17) is 28.9 Å². The monoisotopic (exact) mass is 444 g/mol. The first-order chi connectivity index (χ1) is 15.0. The molecule has 6 heteroatoms. The second-order valence-electron chi connectivity index (χ2n) is 7.24. The summed E-state index contributed by atoms with van der Waals surface area (Å²) in [6, 6.07) is 24.1. The van der Waals surface area contributed by atoms with Crippen LogP contribution >= 0.6 is 23.2 Å². The molecule has 1 radical (unpaired) electrons. The minimum absolute atomic E-state index is 0.468. The standard InChI is InChI=1S/C25H16Cl2N3O/c26-16-8-10-18(21(27)13-16)15-7-9-19-23(12-15)30(14-17-4-1-2-11-29-17)22-6-3-5-20(24(19)22)25(28)31/h1-8,10-13H,14H2,(H2,28,31). The number of benzene rings is 3. The highest BCUT2D eigenvalue weighted by molar-refractivity contribution is 6.36. The molecule has 3 aromatic carbocycles. The molecule has 2 aromatic heterocycles. The Kier molecular flexibility index (Phi) is 4.89. The van der Waals surface area contributed by atoms with Crippen molar-refractivity contribution in [2.75, 3.05) is 0 Å². The number of carbonyl (C=O) groups is 1. The molecular weight excluding hydrogens is 429 g/mol. The normalized spacial score (nSPS) is 11.3. The SMILES string of the molecule is NC(=O)c1cccc2c1c1[c]cc(-c3ccc(Cl)cc3Cl)cc1n2Cc1ccccn1. The van der Waals surface area contributed by atoms with Gasteiger partial charge in [0.15, 0.2) is 0 Å². The third-order valence-electron chi connectivity index (χ3n) is 5.35. The van der Waals surface area contributed by atoms with E-state index in [2.05, 4.69) is 21.7 Å². The summed E-state index contributed by atoms with van der Waals surface area (Å²) in [4.78, 5) is 16.6. The van der Waals surface area contributed by atoms with Gasteiger partial charge in [0.05, 0.1) is 23.3 Å². The van der Waals surface area contributed by atoms with E-state index in [0.29, 0.717) is 22.2 Å². The van der Waals surface area contributed by atoms with Gasteiger partial charge in [0, 0.05) is 38.1 Å². The van der Waals surface area contributed by atoms with Crippen LogP contribution in [0.15, 0.2) is 72.9 Å². The Morgan fingerprint density at radius 3 is 2.65 bits per heavy atom. The number of halogens is 2. The van der Waals surface area contributed by atoms with Crippen LogP contribution in [-0.4, -0.2) is 15.5 Å². The van der Waals surface area contributed by atoms with Gasteiger partial charge in [0.1, 0.15) is 0 Å². The van der Waals surface area contributed by atoms with Gasteiger partial charge in [-0.15, -0.1) is 0 Å². The van der Waals surface area contributed by atoms with E-state index < -0.39 is 5.91 Å². The van der Waals surface area contributed by atoms with Gasteiger partial charge in [-0.2, -0.15) is 0 Å². The topological polar surface area (TPSA) is 60.9 Å². The number of hydrogen-bond acceptors (Lipinski definition) is 2. The van der Waals surface area contributed by atoms with Crippen LogP contribution in [0.4, 0.5) is 0 Å². The molecule has 31 heavy (non-hydrogen) atoms. The predicted octanol–water partition coefficient (Wildman–Crippen LogP) is 6.11. The molecule has 0 aliphatic carbocycles. The molecule has 1 amide bonds. The highest BCUT2D eigenvalue weighted by atomic mass is 35.5. The van der Waals surface area contributed by atoms with Gasteiger partial charge in [-0.3, -0.25) is 9.78 Å². The molecule has 0 atom stereocenters. The maximum atomic E-state index is 12.1. The number of aromatic nitrogens is 2. The van der Waals surface area contributed by atoms with Crippen LogP contribution < -0.4 is 5.73 Å². The number of pyridine rings is 1. The van der Waals surface area contributed by atoms with Crippen molar-refractivity contribution < 1.29 is 4.79 Å². The first kappa shape index (κ1) is 19.6. The molecule has 5 aromatic rings. The number of nitrogens with zero attached hydrogens (tertiary/aromatic N) is 2. The van der Waals surface area contributed by atoms with Gasteiger partial charge in [0.2, 0.25) is 5.91 Å². The quantitative estimate of drug-likeness (QED) is 0.363. The maximum absolute atomic E-state index is 12.1. The van der Waals surface area contributed by atoms with Crippen molar-refractivity contribution in [3.05, 3.63) is 100 Å². The van der Waals surface area contributed by atoms with Gasteiger partial charge in [-0.1, -0.05) is 41.4 Å². The van der Waals surface area contributed by atoms with E-state index in [-0.39, 0.29) is 0 Å². The number of rotatable bonds is 4. The Morgan fingerprint density at radius 1 is 1.03 bits per heavy atom. The molecule has 2 heterocycles. The summed E-state index contributed by atoms with van der Waals surface area (Å²) >= 11 is 12.5. The lowest BCUT2D eigenvalue weighted by Crippen LogP contribution is -2.11. The third kappa shape index (κ3) is 3.44. The van der Waals surface area contributed by atoms with Crippen molar-refractivity contribution in [1.82, 2.24) is 9.55 Å². The number of hydrogen-bond donors (Lipinski definition) is 1. The first-order valence-electron chi connectivity index (χ1n) is 9.64. The van der Waals surface area contributed by atoms with Crippen LogP contribution in [-0.2, 0) is 6.54 Å². The summed E-state index contributed by atoms with van der Waals surface area (Å²) in [6.07, 6.45) is 1.77. The van der Waals surface area contributed by atoms with E-state index in [9.17, 15) is 4.79 Å². The molecular formula is C25H16Cl2N3O. The maximum Gasteiger partial charge on any atom is 0.249 e. The molecule has 0 bridgehead atoms. The Bertz CT molecular complexity index is 1460. The van der Waals surface area contributed by atoms with Crippen molar-refractivity contribution in [1.29, 1.82) is 0 Å². The smallest absolute Gasteiger partial charge is 0.249 e. The van der Waals surface area contributed by atoms with E-state index >= 15 is 0 Å². The molecule has 5 rings (SSSR count). The van der Waals surface area contributed by atoms with Gasteiger partial charge < -0.3 is 10.3 Å². The fourth-order valence-electron chi connectivity index (χ4n) is 3.96. The number of nitrogens with two attached hydrogens (primary N) is 1. The second-order valence-corrected chi connectivity index (χ2v) is 8.09. The summed E-state index contributed by atoms with van der Waals surface area (Å²) in [5, 5.41) is 2.75. The molecule has 0 unspecified atom stereocenters. The lowest BCUT2D eigenvalue weighted by atomic mass is 10.0. The molecule has 0 saturated heterocycles. The number of fused-ring (bicyclic) bond motifs is 3. The first-order valence-corrected chi connectivity index (χ1v) is 10.4. The average Bonchev–Trinajstić information content (AvgIpc) is 3.07. The molecule has 4 nitrogen and oxygen atoms in total. The largest absolute Gasteiger partial charge is 0.366 e. The van der Waals surface area contributed by atoms with Crippen LogP contribution in [0.25, 0.3) is 32.9 Å². The summed E-state index contributed by atoms with van der Waals surface area (Å²) < 4.78 is 2.13. The Balaban J connectivity index is 1.82. The van der Waals surface area contributed by atoms with Gasteiger partial charge in [-0.05, 0) is 60.2 Å². The zero-order valence-corrected chi connectivity index (χ0v) is 17.8. The number of amides is 1. The Morgan fingerprint density at radius 2 is 1.90 bits per heavy atom. The molecule has 2 N–H and O–H groups in total. The lowest BCUT2D eigenvalue weighted by Gasteiger charge is -2.09. The van der Waals surface area contributed by atoms with E-state index in [0.717, 1.165) is 38.6 Å². The fraction of sp³-hybridized carbons (Fsp3) is 0.0400. The third-order valence-corrected chi connectivity index (χ3v) is 5.90. The molecule has 151 valence electrons. The average molecular weight is 445 g/mol. The summed E-state index contributed by atoms with van der Waals surface area (Å²) in [5.41, 5.74) is 10.6. The van der Waals surface area contributed by atoms with Crippen LogP contribution in [0.5, 0.6) is 0 Å². The minimum Gasteiger partial charge on any atom is -0.366 e. The fourth-order valence-corrected chi connectivity index (χ4v) is 4.48. The van der Waals surface area contributed by atoms with E-state index in [1.807, 2.05) is 48.5 Å². The summed E-state index contributed by atoms with van der Waals surface area (Å²) in [6.45, 7) is 0.536. The highest BCUT2D eigenvalue weighted by Crippen LogP contribution is 2.36. The van der Waals surface area contributed by atoms with Crippen molar-refractivity contribution in [2.45, 2.75) is 6.54 Å². The minimum atomic E-state index is -0.472. The van der Waals surface area contributed by atoms with E-state index in [1.54, 1.807) is 18.3 Å². The molecule has 0 aliphatic heterocycles. The number of primary amides is 1. The number of carbonyl (C=O) groups excluding carboxylic acids is 1. The van der Waals surface area contributed by atoms with Gasteiger partial charge in [0.25, 0.3) is 0 Å². The summed E-state index contributed by atoms with van der Waals surface area (Å²) in [7, 11) is 0. The predicted molar refractivity (Wildman–Crippen MR) is 126 cm³/mol. The second kappa shape index (κ2) is 7.73.